The molecule has 0 fully saturated rings. The molecule has 0 aliphatic heterocycles. The fraction of sp³-hybridized carbons (Fsp3) is 0.444. The Balaban J connectivity index is 2.17. The van der Waals surface area contributed by atoms with Crippen molar-refractivity contribution in [3.05, 3.63) is 17.5 Å². The van der Waals surface area contributed by atoms with E-state index in [1.54, 1.807) is 0 Å². The fourth-order valence-corrected chi connectivity index (χ4v) is 1.75. The summed E-state index contributed by atoms with van der Waals surface area (Å²) in [5.74, 6) is 1.52. The smallest absolute Gasteiger partial charge is 0.315 e. The van der Waals surface area contributed by atoms with Gasteiger partial charge in [-0.15, -0.1) is 11.8 Å². The van der Waals surface area contributed by atoms with Crippen LogP contribution in [0.4, 0.5) is 5.82 Å². The molecule has 0 spiro atoms. The lowest BCUT2D eigenvalue weighted by atomic mass is 10.5. The first-order chi connectivity index (χ1) is 7.74. The minimum Gasteiger partial charge on any atom is -0.468 e. The first-order valence-corrected chi connectivity index (χ1v) is 6.11. The highest BCUT2D eigenvalue weighted by Crippen LogP contribution is 2.15. The van der Waals surface area contributed by atoms with E-state index < -0.39 is 0 Å². The molecule has 88 valence electrons. The molecule has 1 N–H and O–H groups in total. The van der Waals surface area contributed by atoms with E-state index in [1.165, 1.54) is 31.4 Å². The first kappa shape index (κ1) is 13.1. The quantitative estimate of drug-likeness (QED) is 0.618. The molecule has 16 heavy (non-hydrogen) atoms. The van der Waals surface area contributed by atoms with Crippen LogP contribution in [0.3, 0.4) is 0 Å². The van der Waals surface area contributed by atoms with Crippen LogP contribution in [0.2, 0.25) is 5.02 Å². The minimum absolute atomic E-state index is 0.218. The molecule has 0 saturated heterocycles. The van der Waals surface area contributed by atoms with Crippen LogP contribution in [0.5, 0.6) is 0 Å². The number of methoxy groups -OCH3 is 1. The third-order valence-electron chi connectivity index (χ3n) is 1.65. The number of carbonyl (C=O) groups is 1. The molecule has 1 aromatic heterocycles. The van der Waals surface area contributed by atoms with Gasteiger partial charge in [0.2, 0.25) is 0 Å². The highest BCUT2D eigenvalue weighted by Gasteiger charge is 2.01. The Hall–Kier alpha value is -1.01. The van der Waals surface area contributed by atoms with Gasteiger partial charge in [0.1, 0.15) is 17.2 Å². The van der Waals surface area contributed by atoms with Crippen molar-refractivity contribution in [3.8, 4) is 0 Å². The molecule has 0 saturated carbocycles. The summed E-state index contributed by atoms with van der Waals surface area (Å²) < 4.78 is 4.51. The van der Waals surface area contributed by atoms with Crippen LogP contribution in [0.25, 0.3) is 0 Å². The Labute approximate surface area is 103 Å². The van der Waals surface area contributed by atoms with Crippen LogP contribution in [-0.2, 0) is 9.53 Å². The summed E-state index contributed by atoms with van der Waals surface area (Å²) >= 11 is 7.33. The van der Waals surface area contributed by atoms with Gasteiger partial charge < -0.3 is 10.1 Å². The van der Waals surface area contributed by atoms with E-state index >= 15 is 0 Å². The van der Waals surface area contributed by atoms with Gasteiger partial charge in [-0.3, -0.25) is 4.79 Å². The number of nitrogens with zero attached hydrogens (tertiary/aromatic N) is 2. The second-order valence-electron chi connectivity index (χ2n) is 2.77. The van der Waals surface area contributed by atoms with Gasteiger partial charge in [-0.1, -0.05) is 11.6 Å². The summed E-state index contributed by atoms with van der Waals surface area (Å²) in [5.41, 5.74) is 0. The third-order valence-corrected chi connectivity index (χ3v) is 2.86. The molecule has 0 bridgehead atoms. The molecule has 0 aliphatic carbocycles. The number of hydrogen-bond acceptors (Lipinski definition) is 6. The molecule has 7 heteroatoms. The molecule has 0 unspecified atom stereocenters. The largest absolute Gasteiger partial charge is 0.468 e. The van der Waals surface area contributed by atoms with E-state index in [9.17, 15) is 4.79 Å². The Morgan fingerprint density at radius 1 is 1.69 bits per heavy atom. The maximum atomic E-state index is 10.8. The van der Waals surface area contributed by atoms with E-state index in [-0.39, 0.29) is 5.97 Å². The normalized spacial score (nSPS) is 9.88. The predicted molar refractivity (Wildman–Crippen MR) is 64.9 cm³/mol. The first-order valence-electron chi connectivity index (χ1n) is 4.58. The summed E-state index contributed by atoms with van der Waals surface area (Å²) in [6.07, 6.45) is 2.95. The molecule has 0 aromatic carbocycles. The minimum atomic E-state index is -0.218. The number of thioether (sulfide) groups is 1. The number of anilines is 1. The van der Waals surface area contributed by atoms with Gasteiger partial charge >= 0.3 is 5.97 Å². The Morgan fingerprint density at radius 2 is 2.50 bits per heavy atom. The molecule has 5 nitrogen and oxygen atoms in total. The predicted octanol–water partition coefficient (Wildman–Crippen LogP) is 1.45. The van der Waals surface area contributed by atoms with Crippen LogP contribution >= 0.6 is 23.4 Å². The summed E-state index contributed by atoms with van der Waals surface area (Å²) in [6.45, 7) is 0.679. The van der Waals surface area contributed by atoms with Gasteiger partial charge in [-0.2, -0.15) is 0 Å². The molecule has 0 radical (unpaired) electrons. The van der Waals surface area contributed by atoms with E-state index in [0.29, 0.717) is 23.1 Å². The number of halogens is 1. The van der Waals surface area contributed by atoms with Crippen molar-refractivity contribution >= 4 is 35.1 Å². The molecule has 1 heterocycles. The molecule has 0 aliphatic rings. The number of ether oxygens (including phenoxy) is 1. The van der Waals surface area contributed by atoms with E-state index in [2.05, 4.69) is 20.0 Å². The van der Waals surface area contributed by atoms with Crippen LogP contribution in [-0.4, -0.2) is 41.1 Å². The van der Waals surface area contributed by atoms with Crippen LogP contribution in [0.15, 0.2) is 12.5 Å². The van der Waals surface area contributed by atoms with Crippen molar-refractivity contribution in [3.63, 3.8) is 0 Å². The number of esters is 1. The second-order valence-corrected chi connectivity index (χ2v) is 4.29. The van der Waals surface area contributed by atoms with Gasteiger partial charge in [0.05, 0.1) is 19.1 Å². The van der Waals surface area contributed by atoms with Crippen LogP contribution < -0.4 is 5.32 Å². The number of rotatable bonds is 6. The average Bonchev–Trinajstić information content (AvgIpc) is 2.30. The zero-order chi connectivity index (χ0) is 11.8. The Morgan fingerprint density at radius 3 is 3.19 bits per heavy atom. The van der Waals surface area contributed by atoms with E-state index in [4.69, 9.17) is 11.6 Å². The van der Waals surface area contributed by atoms with Crippen molar-refractivity contribution in [2.75, 3.05) is 30.5 Å². The third kappa shape index (κ3) is 4.67. The highest BCUT2D eigenvalue weighted by molar-refractivity contribution is 7.99. The average molecular weight is 262 g/mol. The van der Waals surface area contributed by atoms with E-state index in [0.717, 1.165) is 5.75 Å². The van der Waals surface area contributed by atoms with Crippen molar-refractivity contribution in [2.24, 2.45) is 0 Å². The van der Waals surface area contributed by atoms with Crippen molar-refractivity contribution in [2.45, 2.75) is 0 Å². The van der Waals surface area contributed by atoms with Gasteiger partial charge in [0, 0.05) is 12.3 Å². The number of hydrogen-bond donors (Lipinski definition) is 1. The zero-order valence-electron chi connectivity index (χ0n) is 8.77. The summed E-state index contributed by atoms with van der Waals surface area (Å²) in [6, 6.07) is 0. The lowest BCUT2D eigenvalue weighted by molar-refractivity contribution is -0.137. The highest BCUT2D eigenvalue weighted by atomic mass is 35.5. The Kier molecular flexibility index (Phi) is 5.95. The molecule has 1 aromatic rings. The molecular formula is C9H12ClN3O2S. The van der Waals surface area contributed by atoms with Crippen molar-refractivity contribution in [1.29, 1.82) is 0 Å². The lowest BCUT2D eigenvalue weighted by Crippen LogP contribution is -2.09. The van der Waals surface area contributed by atoms with E-state index in [1.807, 2.05) is 0 Å². The maximum absolute atomic E-state index is 10.8. The van der Waals surface area contributed by atoms with Gasteiger partial charge in [-0.05, 0) is 0 Å². The molecule has 0 atom stereocenters. The van der Waals surface area contributed by atoms with Crippen LogP contribution in [0, 0.1) is 0 Å². The monoisotopic (exact) mass is 261 g/mol. The topological polar surface area (TPSA) is 64.1 Å². The van der Waals surface area contributed by atoms with Crippen molar-refractivity contribution < 1.29 is 9.53 Å². The summed E-state index contributed by atoms with van der Waals surface area (Å²) in [5, 5.41) is 3.54. The summed E-state index contributed by atoms with van der Waals surface area (Å²) in [7, 11) is 1.38. The fourth-order valence-electron chi connectivity index (χ4n) is 0.899. The number of aromatic nitrogens is 2. The standard InChI is InChI=1S/C9H12ClN3O2S/c1-15-8(14)5-16-3-2-12-9-7(10)4-11-6-13-9/h4,6H,2-3,5H2,1H3,(H,11,12,13). The molecule has 0 amide bonds. The second kappa shape index (κ2) is 7.29. The van der Waals surface area contributed by atoms with Gasteiger partial charge in [0.25, 0.3) is 0 Å². The zero-order valence-corrected chi connectivity index (χ0v) is 10.3. The maximum Gasteiger partial charge on any atom is 0.315 e. The van der Waals surface area contributed by atoms with Crippen LogP contribution in [0.1, 0.15) is 0 Å². The van der Waals surface area contributed by atoms with Gasteiger partial charge in [-0.25, -0.2) is 9.97 Å². The van der Waals surface area contributed by atoms with Crippen molar-refractivity contribution in [1.82, 2.24) is 9.97 Å². The molecule has 1 rings (SSSR count). The van der Waals surface area contributed by atoms with Gasteiger partial charge in [0.15, 0.2) is 0 Å². The number of nitrogens with one attached hydrogen (secondary N) is 1. The summed E-state index contributed by atoms with van der Waals surface area (Å²) in [4.78, 5) is 18.5. The molecular weight excluding hydrogens is 250 g/mol. The SMILES string of the molecule is COC(=O)CSCCNc1ncncc1Cl. The number of carbonyl (C=O) groups excluding carboxylic acids is 1. The Bertz CT molecular complexity index is 351. The lowest BCUT2D eigenvalue weighted by Gasteiger charge is -2.05.